The van der Waals surface area contributed by atoms with E-state index in [9.17, 15) is 0 Å². The van der Waals surface area contributed by atoms with Gasteiger partial charge in [-0.1, -0.05) is 18.2 Å². The first kappa shape index (κ1) is 7.62. The maximum Gasteiger partial charge on any atom is 0.123 e. The summed E-state index contributed by atoms with van der Waals surface area (Å²) in [6, 6.07) is 8.61. The number of rotatable bonds is 0. The fraction of sp³-hybridized carbons (Fsp3) is 0.400. The molecule has 0 aromatic heterocycles. The highest BCUT2D eigenvalue weighted by molar-refractivity contribution is 5.33. The standard InChI is InChI=1S/C10H13NO/c1-8-7-12-10-5-3-2-4-9(10)6-11-8/h2-5,8,11H,6-7H2,1H3/t8-/m1/s1. The summed E-state index contributed by atoms with van der Waals surface area (Å²) in [5, 5.41) is 3.38. The van der Waals surface area contributed by atoms with Gasteiger partial charge in [0, 0.05) is 18.2 Å². The Labute approximate surface area is 72.5 Å². The third-order valence-corrected chi connectivity index (χ3v) is 2.10. The van der Waals surface area contributed by atoms with Crippen LogP contribution < -0.4 is 10.1 Å². The lowest BCUT2D eigenvalue weighted by atomic mass is 10.2. The summed E-state index contributed by atoms with van der Waals surface area (Å²) >= 11 is 0. The summed E-state index contributed by atoms with van der Waals surface area (Å²) in [7, 11) is 0. The van der Waals surface area contributed by atoms with Crippen LogP contribution in [-0.4, -0.2) is 12.6 Å². The van der Waals surface area contributed by atoms with E-state index in [0.717, 1.165) is 18.9 Å². The topological polar surface area (TPSA) is 21.3 Å². The molecule has 0 saturated carbocycles. The van der Waals surface area contributed by atoms with Crippen molar-refractivity contribution in [2.45, 2.75) is 19.5 Å². The van der Waals surface area contributed by atoms with Crippen molar-refractivity contribution in [2.75, 3.05) is 6.61 Å². The molecule has 1 aromatic carbocycles. The highest BCUT2D eigenvalue weighted by atomic mass is 16.5. The van der Waals surface area contributed by atoms with Crippen molar-refractivity contribution < 1.29 is 4.74 Å². The number of ether oxygens (including phenoxy) is 1. The van der Waals surface area contributed by atoms with Crippen LogP contribution >= 0.6 is 0 Å². The van der Waals surface area contributed by atoms with Gasteiger partial charge in [-0.2, -0.15) is 0 Å². The van der Waals surface area contributed by atoms with Gasteiger partial charge >= 0.3 is 0 Å². The molecule has 0 amide bonds. The average molecular weight is 163 g/mol. The molecule has 0 saturated heterocycles. The van der Waals surface area contributed by atoms with Crippen LogP contribution in [0.1, 0.15) is 12.5 Å². The fourth-order valence-corrected chi connectivity index (χ4v) is 1.35. The molecule has 2 rings (SSSR count). The van der Waals surface area contributed by atoms with E-state index in [2.05, 4.69) is 18.3 Å². The second-order valence-corrected chi connectivity index (χ2v) is 3.20. The minimum absolute atomic E-state index is 0.442. The van der Waals surface area contributed by atoms with Crippen LogP contribution in [0.5, 0.6) is 5.75 Å². The maximum atomic E-state index is 5.60. The van der Waals surface area contributed by atoms with E-state index < -0.39 is 0 Å². The van der Waals surface area contributed by atoms with Crippen LogP contribution in [0.15, 0.2) is 24.3 Å². The van der Waals surface area contributed by atoms with E-state index in [1.165, 1.54) is 5.56 Å². The SMILES string of the molecule is C[C@@H]1COc2ccccc2CN1. The molecule has 0 spiro atoms. The first-order chi connectivity index (χ1) is 5.86. The molecular weight excluding hydrogens is 150 g/mol. The monoisotopic (exact) mass is 163 g/mol. The van der Waals surface area contributed by atoms with Gasteiger partial charge in [0.05, 0.1) is 0 Å². The number of benzene rings is 1. The van der Waals surface area contributed by atoms with Crippen molar-refractivity contribution in [1.82, 2.24) is 5.32 Å². The first-order valence-electron chi connectivity index (χ1n) is 4.30. The van der Waals surface area contributed by atoms with E-state index in [4.69, 9.17) is 4.74 Å². The largest absolute Gasteiger partial charge is 0.492 e. The lowest BCUT2D eigenvalue weighted by Gasteiger charge is -2.07. The number of hydrogen-bond donors (Lipinski definition) is 1. The van der Waals surface area contributed by atoms with Crippen molar-refractivity contribution in [3.8, 4) is 5.75 Å². The molecule has 0 fully saturated rings. The fourth-order valence-electron chi connectivity index (χ4n) is 1.35. The normalized spacial score (nSPS) is 22.2. The highest BCUT2D eigenvalue weighted by Crippen LogP contribution is 2.19. The molecule has 0 radical (unpaired) electrons. The Balaban J connectivity index is 2.26. The number of nitrogens with one attached hydrogen (secondary N) is 1. The van der Waals surface area contributed by atoms with Crippen molar-refractivity contribution in [3.05, 3.63) is 29.8 Å². The van der Waals surface area contributed by atoms with E-state index in [-0.39, 0.29) is 0 Å². The van der Waals surface area contributed by atoms with Gasteiger partial charge in [0.25, 0.3) is 0 Å². The molecule has 64 valence electrons. The Kier molecular flexibility index (Phi) is 2.00. The van der Waals surface area contributed by atoms with Crippen molar-refractivity contribution in [1.29, 1.82) is 0 Å². The summed E-state index contributed by atoms with van der Waals surface area (Å²) in [6.07, 6.45) is 0. The first-order valence-corrected chi connectivity index (χ1v) is 4.30. The Morgan fingerprint density at radius 1 is 1.42 bits per heavy atom. The van der Waals surface area contributed by atoms with Gasteiger partial charge in [-0.15, -0.1) is 0 Å². The van der Waals surface area contributed by atoms with E-state index in [1.807, 2.05) is 18.2 Å². The number of para-hydroxylation sites is 1. The van der Waals surface area contributed by atoms with E-state index >= 15 is 0 Å². The molecule has 1 aliphatic rings. The Bertz CT molecular complexity index is 245. The van der Waals surface area contributed by atoms with Crippen LogP contribution in [-0.2, 0) is 6.54 Å². The Morgan fingerprint density at radius 3 is 3.17 bits per heavy atom. The Morgan fingerprint density at radius 2 is 2.25 bits per heavy atom. The summed E-state index contributed by atoms with van der Waals surface area (Å²) in [6.45, 7) is 3.81. The molecule has 0 aliphatic carbocycles. The molecule has 1 N–H and O–H groups in total. The average Bonchev–Trinajstić information content (AvgIpc) is 2.29. The lowest BCUT2D eigenvalue weighted by Crippen LogP contribution is -2.28. The van der Waals surface area contributed by atoms with Crippen molar-refractivity contribution in [2.24, 2.45) is 0 Å². The van der Waals surface area contributed by atoms with Gasteiger partial charge < -0.3 is 10.1 Å². The third-order valence-electron chi connectivity index (χ3n) is 2.10. The van der Waals surface area contributed by atoms with Gasteiger partial charge in [0.15, 0.2) is 0 Å². The second kappa shape index (κ2) is 3.15. The molecular formula is C10H13NO. The van der Waals surface area contributed by atoms with Gasteiger partial charge in [-0.25, -0.2) is 0 Å². The van der Waals surface area contributed by atoms with Crippen LogP contribution in [0.4, 0.5) is 0 Å². The maximum absolute atomic E-state index is 5.60. The van der Waals surface area contributed by atoms with Crippen molar-refractivity contribution in [3.63, 3.8) is 0 Å². The highest BCUT2D eigenvalue weighted by Gasteiger charge is 2.11. The van der Waals surface area contributed by atoms with Crippen LogP contribution in [0.3, 0.4) is 0 Å². The summed E-state index contributed by atoms with van der Waals surface area (Å²) < 4.78 is 5.60. The van der Waals surface area contributed by atoms with E-state index in [1.54, 1.807) is 0 Å². The summed E-state index contributed by atoms with van der Waals surface area (Å²) in [5.41, 5.74) is 1.25. The molecule has 0 unspecified atom stereocenters. The summed E-state index contributed by atoms with van der Waals surface area (Å²) in [5.74, 6) is 1.02. The second-order valence-electron chi connectivity index (χ2n) is 3.20. The molecule has 2 heteroatoms. The minimum atomic E-state index is 0.442. The predicted octanol–water partition coefficient (Wildman–Crippen LogP) is 1.56. The van der Waals surface area contributed by atoms with E-state index in [0.29, 0.717) is 6.04 Å². The Hall–Kier alpha value is -1.02. The third kappa shape index (κ3) is 1.43. The van der Waals surface area contributed by atoms with Crippen LogP contribution in [0.25, 0.3) is 0 Å². The number of fused-ring (bicyclic) bond motifs is 1. The van der Waals surface area contributed by atoms with Gasteiger partial charge in [-0.3, -0.25) is 0 Å². The zero-order chi connectivity index (χ0) is 8.39. The molecule has 1 aliphatic heterocycles. The molecule has 2 nitrogen and oxygen atoms in total. The molecule has 0 bridgehead atoms. The minimum Gasteiger partial charge on any atom is -0.492 e. The predicted molar refractivity (Wildman–Crippen MR) is 48.2 cm³/mol. The van der Waals surface area contributed by atoms with Gasteiger partial charge in [0.1, 0.15) is 12.4 Å². The zero-order valence-corrected chi connectivity index (χ0v) is 7.21. The summed E-state index contributed by atoms with van der Waals surface area (Å²) in [4.78, 5) is 0. The van der Waals surface area contributed by atoms with Gasteiger partial charge in [-0.05, 0) is 13.0 Å². The van der Waals surface area contributed by atoms with Crippen LogP contribution in [0.2, 0.25) is 0 Å². The molecule has 1 heterocycles. The smallest absolute Gasteiger partial charge is 0.123 e. The zero-order valence-electron chi connectivity index (χ0n) is 7.21. The quantitative estimate of drug-likeness (QED) is 0.626. The molecule has 1 aromatic rings. The van der Waals surface area contributed by atoms with Gasteiger partial charge in [0.2, 0.25) is 0 Å². The van der Waals surface area contributed by atoms with Crippen molar-refractivity contribution >= 4 is 0 Å². The van der Waals surface area contributed by atoms with Crippen LogP contribution in [0, 0.1) is 0 Å². The lowest BCUT2D eigenvalue weighted by molar-refractivity contribution is 0.287. The molecule has 1 atom stereocenters. The molecule has 12 heavy (non-hydrogen) atoms. The number of hydrogen-bond acceptors (Lipinski definition) is 2.